The van der Waals surface area contributed by atoms with Crippen molar-refractivity contribution in [3.63, 3.8) is 0 Å². The summed E-state index contributed by atoms with van der Waals surface area (Å²) >= 11 is 1.70. The van der Waals surface area contributed by atoms with Gasteiger partial charge in [-0.25, -0.2) is 4.39 Å². The van der Waals surface area contributed by atoms with Gasteiger partial charge in [0.05, 0.1) is 16.6 Å². The molecule has 0 aliphatic heterocycles. The lowest BCUT2D eigenvalue weighted by Gasteiger charge is -1.99. The van der Waals surface area contributed by atoms with Crippen molar-refractivity contribution in [2.75, 3.05) is 0 Å². The molecule has 0 aliphatic carbocycles. The van der Waals surface area contributed by atoms with Gasteiger partial charge in [0, 0.05) is 22.6 Å². The van der Waals surface area contributed by atoms with Crippen LogP contribution in [0.2, 0.25) is 0 Å². The van der Waals surface area contributed by atoms with Gasteiger partial charge in [0.15, 0.2) is 0 Å². The summed E-state index contributed by atoms with van der Waals surface area (Å²) in [6.07, 6.45) is 0. The third-order valence-electron chi connectivity index (χ3n) is 1.85. The van der Waals surface area contributed by atoms with Crippen LogP contribution in [0.5, 0.6) is 0 Å². The number of nitro benzene ring substituents is 1. The van der Waals surface area contributed by atoms with E-state index in [4.69, 9.17) is 0 Å². The van der Waals surface area contributed by atoms with E-state index in [2.05, 4.69) is 14.7 Å². The first kappa shape index (κ1) is 11.8. The topological polar surface area (TPSA) is 82.1 Å². The highest BCUT2D eigenvalue weighted by Crippen LogP contribution is 2.29. The first-order chi connectivity index (χ1) is 7.99. The van der Waals surface area contributed by atoms with Gasteiger partial charge < -0.3 is 4.52 Å². The Bertz CT molecular complexity index is 602. The summed E-state index contributed by atoms with van der Waals surface area (Å²) in [7, 11) is 0. The molecule has 17 heavy (non-hydrogen) atoms. The van der Waals surface area contributed by atoms with Crippen molar-refractivity contribution in [1.82, 2.24) is 10.1 Å². The summed E-state index contributed by atoms with van der Waals surface area (Å²) in [6.45, 7) is 0. The summed E-state index contributed by atoms with van der Waals surface area (Å²) in [6, 6.07) is 1.24. The van der Waals surface area contributed by atoms with Crippen molar-refractivity contribution in [2.24, 2.45) is 0 Å². The Kier molecular flexibility index (Phi) is 3.00. The lowest BCUT2D eigenvalue weighted by molar-refractivity contribution is -0.387. The van der Waals surface area contributed by atoms with Gasteiger partial charge in [0.25, 0.3) is 5.89 Å². The van der Waals surface area contributed by atoms with E-state index in [0.717, 1.165) is 6.07 Å². The zero-order valence-corrected chi connectivity index (χ0v) is 10.0. The van der Waals surface area contributed by atoms with E-state index < -0.39 is 27.8 Å². The molecule has 2 aromatic rings. The molecule has 0 unspecified atom stereocenters. The number of nitrogens with zero attached hydrogens (tertiary/aromatic N) is 3. The maximum atomic E-state index is 13.7. The van der Waals surface area contributed by atoms with Crippen LogP contribution >= 0.6 is 22.6 Å². The second-order valence-corrected chi connectivity index (χ2v) is 3.88. The largest absolute Gasteiger partial charge is 0.333 e. The van der Waals surface area contributed by atoms with Gasteiger partial charge in [-0.1, -0.05) is 5.16 Å². The predicted molar refractivity (Wildman–Crippen MR) is 59.0 cm³/mol. The molecule has 0 bridgehead atoms. The van der Waals surface area contributed by atoms with Crippen LogP contribution in [0, 0.1) is 25.6 Å². The molecule has 88 valence electrons. The van der Waals surface area contributed by atoms with Crippen molar-refractivity contribution in [2.45, 2.75) is 0 Å². The summed E-state index contributed by atoms with van der Waals surface area (Å²) in [5.41, 5.74) is -1.42. The first-order valence-electron chi connectivity index (χ1n) is 4.12. The van der Waals surface area contributed by atoms with E-state index in [-0.39, 0.29) is 9.72 Å². The zero-order valence-electron chi connectivity index (χ0n) is 7.85. The molecule has 6 nitrogen and oxygen atoms in total. The predicted octanol–water partition coefficient (Wildman–Crippen LogP) is 2.53. The molecule has 0 saturated heterocycles. The third kappa shape index (κ3) is 2.23. The summed E-state index contributed by atoms with van der Waals surface area (Å²) in [5, 5.41) is 13.9. The molecule has 0 radical (unpaired) electrons. The van der Waals surface area contributed by atoms with Crippen LogP contribution in [0.15, 0.2) is 16.7 Å². The van der Waals surface area contributed by atoms with Crippen molar-refractivity contribution in [3.8, 4) is 11.5 Å². The van der Waals surface area contributed by atoms with Crippen LogP contribution in [0.25, 0.3) is 11.5 Å². The molecule has 9 heteroatoms. The number of benzene rings is 1. The Morgan fingerprint density at radius 1 is 1.41 bits per heavy atom. The van der Waals surface area contributed by atoms with Crippen LogP contribution in [0.4, 0.5) is 14.5 Å². The fourth-order valence-corrected chi connectivity index (χ4v) is 1.50. The molecule has 0 amide bonds. The zero-order chi connectivity index (χ0) is 12.6. The number of hydrogen-bond donors (Lipinski definition) is 0. The van der Waals surface area contributed by atoms with Gasteiger partial charge in [-0.05, 0) is 6.07 Å². The van der Waals surface area contributed by atoms with Gasteiger partial charge >= 0.3 is 5.69 Å². The minimum Gasteiger partial charge on any atom is -0.333 e. The lowest BCUT2D eigenvalue weighted by atomic mass is 10.2. The minimum absolute atomic E-state index is 0.184. The van der Waals surface area contributed by atoms with Gasteiger partial charge in [-0.15, -0.1) is 0 Å². The normalized spacial score (nSPS) is 10.5. The standard InChI is InChI=1S/C8H2F2IN3O3/c9-3-1-4(7-12-8(11)13-17-7)6(10)5(2-3)14(15)16/h1-2H. The van der Waals surface area contributed by atoms with Crippen molar-refractivity contribution in [3.05, 3.63) is 37.7 Å². The molecule has 2 rings (SSSR count). The summed E-state index contributed by atoms with van der Waals surface area (Å²) < 4.78 is 31.6. The quantitative estimate of drug-likeness (QED) is 0.471. The average Bonchev–Trinajstić information content (AvgIpc) is 2.67. The summed E-state index contributed by atoms with van der Waals surface area (Å²) in [5.74, 6) is -2.48. The van der Waals surface area contributed by atoms with Crippen LogP contribution in [0.1, 0.15) is 0 Å². The smallest absolute Gasteiger partial charge is 0.308 e. The van der Waals surface area contributed by atoms with Gasteiger partial charge in [-0.3, -0.25) is 10.1 Å². The third-order valence-corrected chi connectivity index (χ3v) is 2.28. The number of aromatic nitrogens is 2. The monoisotopic (exact) mass is 353 g/mol. The highest BCUT2D eigenvalue weighted by molar-refractivity contribution is 14.1. The van der Waals surface area contributed by atoms with Crippen LogP contribution in [-0.4, -0.2) is 15.1 Å². The molecule has 0 saturated carbocycles. The molecular formula is C8H2F2IN3O3. The van der Waals surface area contributed by atoms with Crippen molar-refractivity contribution < 1.29 is 18.2 Å². The molecule has 0 N–H and O–H groups in total. The SMILES string of the molecule is O=[N+]([O-])c1cc(F)cc(-c2nc(I)no2)c1F. The van der Waals surface area contributed by atoms with E-state index >= 15 is 0 Å². The molecule has 1 heterocycles. The number of nitro groups is 1. The number of hydrogen-bond acceptors (Lipinski definition) is 5. The van der Waals surface area contributed by atoms with E-state index in [1.165, 1.54) is 0 Å². The van der Waals surface area contributed by atoms with E-state index in [1.54, 1.807) is 22.6 Å². The highest BCUT2D eigenvalue weighted by atomic mass is 127. The molecule has 1 aromatic heterocycles. The minimum atomic E-state index is -1.21. The van der Waals surface area contributed by atoms with Crippen LogP contribution < -0.4 is 0 Å². The second-order valence-electron chi connectivity index (χ2n) is 2.91. The fourth-order valence-electron chi connectivity index (χ4n) is 1.18. The van der Waals surface area contributed by atoms with E-state index in [0.29, 0.717) is 6.07 Å². The Morgan fingerprint density at radius 2 is 2.12 bits per heavy atom. The Labute approximate surface area is 106 Å². The first-order valence-corrected chi connectivity index (χ1v) is 5.20. The van der Waals surface area contributed by atoms with Gasteiger partial charge in [0.2, 0.25) is 9.65 Å². The Morgan fingerprint density at radius 3 is 2.65 bits per heavy atom. The Balaban J connectivity index is 2.66. The van der Waals surface area contributed by atoms with Gasteiger partial charge in [-0.2, -0.15) is 9.37 Å². The maximum Gasteiger partial charge on any atom is 0.308 e. The van der Waals surface area contributed by atoms with Crippen LogP contribution in [0.3, 0.4) is 0 Å². The summed E-state index contributed by atoms with van der Waals surface area (Å²) in [4.78, 5) is 13.1. The molecule has 0 aliphatic rings. The maximum absolute atomic E-state index is 13.7. The van der Waals surface area contributed by atoms with E-state index in [9.17, 15) is 18.9 Å². The molecular weight excluding hydrogens is 351 g/mol. The fraction of sp³-hybridized carbons (Fsp3) is 0. The van der Waals surface area contributed by atoms with Crippen molar-refractivity contribution >= 4 is 28.3 Å². The van der Waals surface area contributed by atoms with E-state index in [1.807, 2.05) is 0 Å². The number of halogens is 3. The van der Waals surface area contributed by atoms with Crippen LogP contribution in [-0.2, 0) is 0 Å². The molecule has 1 aromatic carbocycles. The molecule has 0 atom stereocenters. The Hall–Kier alpha value is -1.65. The lowest BCUT2D eigenvalue weighted by Crippen LogP contribution is -1.97. The average molecular weight is 353 g/mol. The number of rotatable bonds is 2. The van der Waals surface area contributed by atoms with Crippen molar-refractivity contribution in [1.29, 1.82) is 0 Å². The highest BCUT2D eigenvalue weighted by Gasteiger charge is 2.24. The second kappa shape index (κ2) is 4.31. The van der Waals surface area contributed by atoms with Gasteiger partial charge in [0.1, 0.15) is 5.82 Å². The molecule has 0 spiro atoms. The molecule has 0 fully saturated rings.